The van der Waals surface area contributed by atoms with Gasteiger partial charge in [0, 0.05) is 12.4 Å². The SMILES string of the molecule is CSc1nc(N)nc2nccnc12. The van der Waals surface area contributed by atoms with E-state index in [4.69, 9.17) is 5.73 Å². The van der Waals surface area contributed by atoms with Gasteiger partial charge in [-0.15, -0.1) is 11.8 Å². The topological polar surface area (TPSA) is 77.6 Å². The summed E-state index contributed by atoms with van der Waals surface area (Å²) in [7, 11) is 0. The van der Waals surface area contributed by atoms with Crippen LogP contribution in [-0.2, 0) is 0 Å². The van der Waals surface area contributed by atoms with Gasteiger partial charge < -0.3 is 5.73 Å². The summed E-state index contributed by atoms with van der Waals surface area (Å²) in [6.45, 7) is 0. The summed E-state index contributed by atoms with van der Waals surface area (Å²) in [5.74, 6) is 0.234. The third-order valence-corrected chi connectivity index (χ3v) is 2.18. The van der Waals surface area contributed by atoms with Gasteiger partial charge in [-0.3, -0.25) is 0 Å². The van der Waals surface area contributed by atoms with Crippen molar-refractivity contribution in [3.63, 3.8) is 0 Å². The summed E-state index contributed by atoms with van der Waals surface area (Å²) >= 11 is 1.48. The van der Waals surface area contributed by atoms with Gasteiger partial charge in [-0.2, -0.15) is 4.98 Å². The van der Waals surface area contributed by atoms with Crippen molar-refractivity contribution in [3.8, 4) is 0 Å². The van der Waals surface area contributed by atoms with Gasteiger partial charge in [0.25, 0.3) is 0 Å². The normalized spacial score (nSPS) is 10.5. The zero-order valence-corrected chi connectivity index (χ0v) is 7.75. The zero-order chi connectivity index (χ0) is 9.26. The Kier molecular flexibility index (Phi) is 1.97. The van der Waals surface area contributed by atoms with Crippen molar-refractivity contribution in [3.05, 3.63) is 12.4 Å². The van der Waals surface area contributed by atoms with Gasteiger partial charge in [-0.25, -0.2) is 15.0 Å². The van der Waals surface area contributed by atoms with Gasteiger partial charge in [0.1, 0.15) is 10.5 Å². The zero-order valence-electron chi connectivity index (χ0n) is 6.93. The molecule has 2 heterocycles. The van der Waals surface area contributed by atoms with Crippen molar-refractivity contribution in [2.24, 2.45) is 0 Å². The fraction of sp³-hybridized carbons (Fsp3) is 0.143. The molecule has 6 heteroatoms. The molecule has 0 aromatic carbocycles. The van der Waals surface area contributed by atoms with E-state index in [-0.39, 0.29) is 5.95 Å². The number of nitrogens with zero attached hydrogens (tertiary/aromatic N) is 4. The largest absolute Gasteiger partial charge is 0.368 e. The number of rotatable bonds is 1. The van der Waals surface area contributed by atoms with Gasteiger partial charge in [-0.05, 0) is 6.26 Å². The first-order valence-electron chi connectivity index (χ1n) is 3.59. The van der Waals surface area contributed by atoms with Crippen LogP contribution in [0.3, 0.4) is 0 Å². The van der Waals surface area contributed by atoms with Crippen LogP contribution in [0.1, 0.15) is 0 Å². The van der Waals surface area contributed by atoms with Crippen LogP contribution in [0.2, 0.25) is 0 Å². The van der Waals surface area contributed by atoms with Crippen molar-refractivity contribution in [2.75, 3.05) is 12.0 Å². The highest BCUT2D eigenvalue weighted by molar-refractivity contribution is 7.98. The molecule has 2 aromatic heterocycles. The first kappa shape index (κ1) is 8.18. The van der Waals surface area contributed by atoms with Crippen molar-refractivity contribution in [1.29, 1.82) is 0 Å². The van der Waals surface area contributed by atoms with E-state index in [1.807, 2.05) is 6.26 Å². The summed E-state index contributed by atoms with van der Waals surface area (Å²) in [6.07, 6.45) is 5.11. The fourth-order valence-electron chi connectivity index (χ4n) is 0.996. The lowest BCUT2D eigenvalue weighted by molar-refractivity contribution is 1.07. The quantitative estimate of drug-likeness (QED) is 0.531. The van der Waals surface area contributed by atoms with Crippen molar-refractivity contribution >= 4 is 28.9 Å². The second kappa shape index (κ2) is 3.14. The van der Waals surface area contributed by atoms with Gasteiger partial charge in [0.2, 0.25) is 5.95 Å². The van der Waals surface area contributed by atoms with E-state index in [1.165, 1.54) is 11.8 Å². The standard InChI is InChI=1S/C7H7N5S/c1-13-6-4-5(10-3-2-9-4)11-7(8)12-6/h2-3H,1H3,(H2,8,10,11,12). The minimum absolute atomic E-state index is 0.234. The molecule has 0 unspecified atom stereocenters. The number of thioether (sulfide) groups is 1. The van der Waals surface area contributed by atoms with Crippen LogP contribution < -0.4 is 5.73 Å². The van der Waals surface area contributed by atoms with E-state index < -0.39 is 0 Å². The highest BCUT2D eigenvalue weighted by atomic mass is 32.2. The number of anilines is 1. The molecule has 0 amide bonds. The number of fused-ring (bicyclic) bond motifs is 1. The smallest absolute Gasteiger partial charge is 0.223 e. The minimum Gasteiger partial charge on any atom is -0.368 e. The Hall–Kier alpha value is -1.43. The number of hydrogen-bond donors (Lipinski definition) is 1. The molecule has 0 aliphatic rings. The molecular formula is C7H7N5S. The molecule has 0 bridgehead atoms. The summed E-state index contributed by atoms with van der Waals surface area (Å²) in [5, 5.41) is 0.760. The molecule has 0 radical (unpaired) electrons. The Morgan fingerprint density at radius 1 is 1.23 bits per heavy atom. The van der Waals surface area contributed by atoms with E-state index in [0.29, 0.717) is 11.2 Å². The molecule has 0 saturated carbocycles. The van der Waals surface area contributed by atoms with Crippen LogP contribution in [-0.4, -0.2) is 26.2 Å². The molecule has 13 heavy (non-hydrogen) atoms. The van der Waals surface area contributed by atoms with Gasteiger partial charge in [0.15, 0.2) is 5.65 Å². The van der Waals surface area contributed by atoms with Crippen LogP contribution in [0.15, 0.2) is 17.4 Å². The Balaban J connectivity index is 2.81. The third-order valence-electron chi connectivity index (χ3n) is 1.51. The Morgan fingerprint density at radius 3 is 2.77 bits per heavy atom. The molecule has 5 nitrogen and oxygen atoms in total. The monoisotopic (exact) mass is 193 g/mol. The van der Waals surface area contributed by atoms with Crippen molar-refractivity contribution in [1.82, 2.24) is 19.9 Å². The van der Waals surface area contributed by atoms with E-state index >= 15 is 0 Å². The Morgan fingerprint density at radius 2 is 2.00 bits per heavy atom. The van der Waals surface area contributed by atoms with Crippen molar-refractivity contribution < 1.29 is 0 Å². The van der Waals surface area contributed by atoms with Gasteiger partial charge in [0.05, 0.1) is 0 Å². The highest BCUT2D eigenvalue weighted by Gasteiger charge is 2.05. The molecule has 0 aliphatic heterocycles. The van der Waals surface area contributed by atoms with Crippen LogP contribution >= 0.6 is 11.8 Å². The fourth-order valence-corrected chi connectivity index (χ4v) is 1.52. The lowest BCUT2D eigenvalue weighted by atomic mass is 10.5. The molecule has 2 rings (SSSR count). The predicted molar refractivity (Wildman–Crippen MR) is 51.3 cm³/mol. The van der Waals surface area contributed by atoms with Crippen LogP contribution in [0.5, 0.6) is 0 Å². The lowest BCUT2D eigenvalue weighted by Crippen LogP contribution is -1.99. The molecule has 0 aliphatic carbocycles. The maximum Gasteiger partial charge on any atom is 0.223 e. The second-order valence-corrected chi connectivity index (χ2v) is 3.11. The third kappa shape index (κ3) is 1.40. The molecule has 0 fully saturated rings. The van der Waals surface area contributed by atoms with Gasteiger partial charge >= 0.3 is 0 Å². The predicted octanol–water partition coefficient (Wildman–Crippen LogP) is 0.724. The average Bonchev–Trinajstić information content (AvgIpc) is 2.16. The van der Waals surface area contributed by atoms with Crippen LogP contribution in [0.25, 0.3) is 11.2 Å². The minimum atomic E-state index is 0.234. The van der Waals surface area contributed by atoms with Crippen LogP contribution in [0, 0.1) is 0 Å². The molecular weight excluding hydrogens is 186 g/mol. The average molecular weight is 193 g/mol. The lowest BCUT2D eigenvalue weighted by Gasteiger charge is -2.00. The molecule has 0 saturated heterocycles. The number of aromatic nitrogens is 4. The van der Waals surface area contributed by atoms with E-state index in [0.717, 1.165) is 5.03 Å². The first-order chi connectivity index (χ1) is 6.31. The molecule has 0 spiro atoms. The first-order valence-corrected chi connectivity index (χ1v) is 4.82. The van der Waals surface area contributed by atoms with Crippen molar-refractivity contribution in [2.45, 2.75) is 5.03 Å². The Bertz CT molecular complexity index is 444. The summed E-state index contributed by atoms with van der Waals surface area (Å²) in [5.41, 5.74) is 6.74. The number of hydrogen-bond acceptors (Lipinski definition) is 6. The summed E-state index contributed by atoms with van der Waals surface area (Å²) < 4.78 is 0. The maximum absolute atomic E-state index is 5.50. The van der Waals surface area contributed by atoms with E-state index in [1.54, 1.807) is 12.4 Å². The number of nitrogen functional groups attached to an aromatic ring is 1. The summed E-state index contributed by atoms with van der Waals surface area (Å²) in [4.78, 5) is 16.2. The number of nitrogens with two attached hydrogens (primary N) is 1. The molecule has 2 N–H and O–H groups in total. The maximum atomic E-state index is 5.50. The molecule has 2 aromatic rings. The second-order valence-electron chi connectivity index (χ2n) is 2.32. The molecule has 0 atom stereocenters. The Labute approximate surface area is 78.8 Å². The molecule has 66 valence electrons. The van der Waals surface area contributed by atoms with Gasteiger partial charge in [-0.1, -0.05) is 0 Å². The van der Waals surface area contributed by atoms with E-state index in [9.17, 15) is 0 Å². The summed E-state index contributed by atoms with van der Waals surface area (Å²) in [6, 6.07) is 0. The van der Waals surface area contributed by atoms with Crippen LogP contribution in [0.4, 0.5) is 5.95 Å². The van der Waals surface area contributed by atoms with E-state index in [2.05, 4.69) is 19.9 Å². The highest BCUT2D eigenvalue weighted by Crippen LogP contribution is 2.19.